The number of anilines is 1. The molecule has 1 unspecified atom stereocenters. The molecule has 1 atom stereocenters. The highest BCUT2D eigenvalue weighted by molar-refractivity contribution is 9.10. The Labute approximate surface area is 129 Å². The predicted molar refractivity (Wildman–Crippen MR) is 86.6 cm³/mol. The number of benzene rings is 1. The van der Waals surface area contributed by atoms with Crippen molar-refractivity contribution in [3.63, 3.8) is 0 Å². The van der Waals surface area contributed by atoms with Gasteiger partial charge >= 0.3 is 0 Å². The predicted octanol–water partition coefficient (Wildman–Crippen LogP) is 4.51. The lowest BCUT2D eigenvalue weighted by Crippen LogP contribution is -2.39. The second-order valence-corrected chi connectivity index (χ2v) is 6.65. The van der Waals surface area contributed by atoms with E-state index in [1.54, 1.807) is 6.07 Å². The molecule has 4 heteroatoms. The molecule has 1 saturated heterocycles. The highest BCUT2D eigenvalue weighted by atomic mass is 79.9. The molecule has 112 valence electrons. The van der Waals surface area contributed by atoms with Crippen molar-refractivity contribution >= 4 is 21.6 Å². The van der Waals surface area contributed by atoms with Crippen molar-refractivity contribution in [2.75, 3.05) is 25.0 Å². The van der Waals surface area contributed by atoms with E-state index in [0.717, 1.165) is 4.47 Å². The van der Waals surface area contributed by atoms with Crippen LogP contribution >= 0.6 is 15.9 Å². The third-order valence-electron chi connectivity index (χ3n) is 4.19. The van der Waals surface area contributed by atoms with E-state index in [1.807, 2.05) is 6.07 Å². The van der Waals surface area contributed by atoms with E-state index in [2.05, 4.69) is 40.0 Å². The molecule has 0 spiro atoms. The Kier molecular flexibility index (Phi) is 5.85. The molecular weight excluding hydrogens is 319 g/mol. The summed E-state index contributed by atoms with van der Waals surface area (Å²) in [6.07, 6.45) is 3.62. The molecule has 0 bridgehead atoms. The van der Waals surface area contributed by atoms with Gasteiger partial charge in [-0.25, -0.2) is 4.39 Å². The SMILES string of the molecule is CCCN1CCC(C(C)Nc2cc(Br)ccc2F)CC1. The molecule has 1 fully saturated rings. The van der Waals surface area contributed by atoms with Gasteiger partial charge in [0.2, 0.25) is 0 Å². The van der Waals surface area contributed by atoms with Gasteiger partial charge in [0.1, 0.15) is 5.82 Å². The largest absolute Gasteiger partial charge is 0.380 e. The van der Waals surface area contributed by atoms with Crippen LogP contribution in [0, 0.1) is 11.7 Å². The quantitative estimate of drug-likeness (QED) is 0.846. The summed E-state index contributed by atoms with van der Waals surface area (Å²) in [6.45, 7) is 7.94. The minimum absolute atomic E-state index is 0.177. The molecule has 1 aliphatic rings. The summed E-state index contributed by atoms with van der Waals surface area (Å²) in [4.78, 5) is 2.53. The van der Waals surface area contributed by atoms with Crippen molar-refractivity contribution < 1.29 is 4.39 Å². The van der Waals surface area contributed by atoms with Crippen LogP contribution in [0.25, 0.3) is 0 Å². The van der Waals surface area contributed by atoms with Gasteiger partial charge in [0.05, 0.1) is 5.69 Å². The number of nitrogens with zero attached hydrogens (tertiary/aromatic N) is 1. The van der Waals surface area contributed by atoms with E-state index >= 15 is 0 Å². The molecule has 1 aromatic carbocycles. The van der Waals surface area contributed by atoms with Crippen LogP contribution in [0.4, 0.5) is 10.1 Å². The molecule has 0 amide bonds. The van der Waals surface area contributed by atoms with Crippen molar-refractivity contribution in [1.82, 2.24) is 4.90 Å². The first kappa shape index (κ1) is 15.8. The molecular formula is C16H24BrFN2. The maximum absolute atomic E-state index is 13.8. The first-order valence-electron chi connectivity index (χ1n) is 7.54. The van der Waals surface area contributed by atoms with E-state index in [1.165, 1.54) is 45.0 Å². The maximum Gasteiger partial charge on any atom is 0.146 e. The Morgan fingerprint density at radius 1 is 1.40 bits per heavy atom. The lowest BCUT2D eigenvalue weighted by molar-refractivity contribution is 0.176. The molecule has 1 heterocycles. The summed E-state index contributed by atoms with van der Waals surface area (Å²) in [6, 6.07) is 5.36. The molecule has 0 radical (unpaired) electrons. The van der Waals surface area contributed by atoms with Gasteiger partial charge in [0, 0.05) is 10.5 Å². The van der Waals surface area contributed by atoms with Crippen molar-refractivity contribution in [1.29, 1.82) is 0 Å². The zero-order valence-corrected chi connectivity index (χ0v) is 13.9. The first-order valence-corrected chi connectivity index (χ1v) is 8.33. The average Bonchev–Trinajstić information content (AvgIpc) is 2.44. The molecule has 0 saturated carbocycles. The molecule has 1 aliphatic heterocycles. The summed E-state index contributed by atoms with van der Waals surface area (Å²) in [7, 11) is 0. The standard InChI is InChI=1S/C16H24BrFN2/c1-3-8-20-9-6-13(7-10-20)12(2)19-16-11-14(17)4-5-15(16)18/h4-5,11-13,19H,3,6-10H2,1-2H3. The van der Waals surface area contributed by atoms with Gasteiger partial charge in [0.15, 0.2) is 0 Å². The number of piperidine rings is 1. The first-order chi connectivity index (χ1) is 9.60. The number of likely N-dealkylation sites (tertiary alicyclic amines) is 1. The maximum atomic E-state index is 13.8. The zero-order valence-electron chi connectivity index (χ0n) is 12.3. The van der Waals surface area contributed by atoms with Crippen molar-refractivity contribution in [3.8, 4) is 0 Å². The smallest absolute Gasteiger partial charge is 0.146 e. The second kappa shape index (κ2) is 7.41. The van der Waals surface area contributed by atoms with Gasteiger partial charge < -0.3 is 10.2 Å². The van der Waals surface area contributed by atoms with Crippen LogP contribution in [0.15, 0.2) is 22.7 Å². The summed E-state index contributed by atoms with van der Waals surface area (Å²) >= 11 is 3.39. The summed E-state index contributed by atoms with van der Waals surface area (Å²) in [5.41, 5.74) is 0.600. The van der Waals surface area contributed by atoms with E-state index in [-0.39, 0.29) is 5.82 Å². The molecule has 1 aromatic rings. The Hall–Kier alpha value is -0.610. The van der Waals surface area contributed by atoms with Crippen molar-refractivity contribution in [2.45, 2.75) is 39.2 Å². The van der Waals surface area contributed by atoms with E-state index in [0.29, 0.717) is 17.6 Å². The van der Waals surface area contributed by atoms with Crippen LogP contribution in [-0.4, -0.2) is 30.6 Å². The number of nitrogens with one attached hydrogen (secondary N) is 1. The normalized spacial score (nSPS) is 19.0. The minimum Gasteiger partial charge on any atom is -0.380 e. The highest BCUT2D eigenvalue weighted by Gasteiger charge is 2.23. The van der Waals surface area contributed by atoms with E-state index < -0.39 is 0 Å². The molecule has 20 heavy (non-hydrogen) atoms. The fourth-order valence-electron chi connectivity index (χ4n) is 2.96. The van der Waals surface area contributed by atoms with E-state index in [4.69, 9.17) is 0 Å². The summed E-state index contributed by atoms with van der Waals surface area (Å²) in [5, 5.41) is 3.34. The second-order valence-electron chi connectivity index (χ2n) is 5.74. The fourth-order valence-corrected chi connectivity index (χ4v) is 3.33. The van der Waals surface area contributed by atoms with Crippen molar-refractivity contribution in [3.05, 3.63) is 28.5 Å². The van der Waals surface area contributed by atoms with E-state index in [9.17, 15) is 4.39 Å². The Bertz CT molecular complexity index is 430. The van der Waals surface area contributed by atoms with Gasteiger partial charge in [-0.3, -0.25) is 0 Å². The molecule has 0 aromatic heterocycles. The molecule has 1 N–H and O–H groups in total. The monoisotopic (exact) mass is 342 g/mol. The number of hydrogen-bond acceptors (Lipinski definition) is 2. The number of hydrogen-bond donors (Lipinski definition) is 1. The van der Waals surface area contributed by atoms with Crippen LogP contribution in [0.3, 0.4) is 0 Å². The zero-order chi connectivity index (χ0) is 14.5. The highest BCUT2D eigenvalue weighted by Crippen LogP contribution is 2.26. The third-order valence-corrected chi connectivity index (χ3v) is 4.68. The van der Waals surface area contributed by atoms with Crippen LogP contribution in [0.2, 0.25) is 0 Å². The van der Waals surface area contributed by atoms with Gasteiger partial charge in [-0.1, -0.05) is 22.9 Å². The lowest BCUT2D eigenvalue weighted by atomic mass is 9.90. The third kappa shape index (κ3) is 4.19. The van der Waals surface area contributed by atoms with Crippen LogP contribution in [0.5, 0.6) is 0 Å². The van der Waals surface area contributed by atoms with Gasteiger partial charge in [-0.15, -0.1) is 0 Å². The Morgan fingerprint density at radius 2 is 2.10 bits per heavy atom. The summed E-state index contributed by atoms with van der Waals surface area (Å²) < 4.78 is 14.7. The van der Waals surface area contributed by atoms with Gasteiger partial charge in [0.25, 0.3) is 0 Å². The van der Waals surface area contributed by atoms with Gasteiger partial charge in [-0.05, 0) is 69.9 Å². The van der Waals surface area contributed by atoms with Crippen LogP contribution < -0.4 is 5.32 Å². The Balaban J connectivity index is 1.89. The van der Waals surface area contributed by atoms with Crippen molar-refractivity contribution in [2.24, 2.45) is 5.92 Å². The fraction of sp³-hybridized carbons (Fsp3) is 0.625. The number of halogens is 2. The van der Waals surface area contributed by atoms with Crippen LogP contribution in [-0.2, 0) is 0 Å². The minimum atomic E-state index is -0.177. The molecule has 0 aliphatic carbocycles. The summed E-state index contributed by atoms with van der Waals surface area (Å²) in [5.74, 6) is 0.449. The van der Waals surface area contributed by atoms with Gasteiger partial charge in [-0.2, -0.15) is 0 Å². The average molecular weight is 343 g/mol. The van der Waals surface area contributed by atoms with Crippen LogP contribution in [0.1, 0.15) is 33.1 Å². The molecule has 2 nitrogen and oxygen atoms in total. The lowest BCUT2D eigenvalue weighted by Gasteiger charge is -2.35. The Morgan fingerprint density at radius 3 is 2.75 bits per heavy atom. The topological polar surface area (TPSA) is 15.3 Å². The molecule has 2 rings (SSSR count). The number of rotatable bonds is 5.